The maximum Gasteiger partial charge on any atom is 0.273 e. The predicted octanol–water partition coefficient (Wildman–Crippen LogP) is 5.52. The number of aromatic nitrogens is 2. The smallest absolute Gasteiger partial charge is 0.273 e. The van der Waals surface area contributed by atoms with Crippen molar-refractivity contribution in [1.82, 2.24) is 15.1 Å². The molecular formula is C25H29N3O2. The van der Waals surface area contributed by atoms with Gasteiger partial charge >= 0.3 is 0 Å². The molecule has 0 saturated heterocycles. The lowest BCUT2D eigenvalue weighted by Crippen LogP contribution is -2.44. The van der Waals surface area contributed by atoms with Gasteiger partial charge < -0.3 is 9.64 Å². The molecule has 5 nitrogen and oxygen atoms in total. The largest absolute Gasteiger partial charge is 0.494 e. The van der Waals surface area contributed by atoms with Gasteiger partial charge in [-0.1, -0.05) is 48.9 Å². The van der Waals surface area contributed by atoms with Crippen molar-refractivity contribution in [3.63, 3.8) is 0 Å². The van der Waals surface area contributed by atoms with Crippen LogP contribution in [0.25, 0.3) is 11.3 Å². The highest BCUT2D eigenvalue weighted by Crippen LogP contribution is 2.46. The van der Waals surface area contributed by atoms with E-state index in [1.165, 1.54) is 5.56 Å². The van der Waals surface area contributed by atoms with Gasteiger partial charge in [-0.3, -0.25) is 9.89 Å². The second-order valence-corrected chi connectivity index (χ2v) is 8.89. The number of nitrogens with zero attached hydrogens (tertiary/aromatic N) is 2. The van der Waals surface area contributed by atoms with E-state index in [-0.39, 0.29) is 17.5 Å². The number of H-pyrrole nitrogens is 1. The Morgan fingerprint density at radius 1 is 1.07 bits per heavy atom. The molecule has 0 fully saturated rings. The number of carbonyl (C=O) groups excluding carboxylic acids is 1. The normalized spacial score (nSPS) is 16.1. The summed E-state index contributed by atoms with van der Waals surface area (Å²) in [6.07, 6.45) is 0.967. The number of aromatic amines is 1. The Balaban J connectivity index is 1.82. The molecule has 1 amide bonds. The number of nitrogens with one attached hydrogen (secondary N) is 1. The molecule has 0 radical (unpaired) electrons. The van der Waals surface area contributed by atoms with Gasteiger partial charge in [0, 0.05) is 16.7 Å². The molecule has 0 aliphatic carbocycles. The second-order valence-electron chi connectivity index (χ2n) is 8.89. The van der Waals surface area contributed by atoms with Crippen LogP contribution in [0, 0.1) is 6.92 Å². The maximum atomic E-state index is 13.4. The van der Waals surface area contributed by atoms with Crippen LogP contribution in [0.4, 0.5) is 0 Å². The zero-order valence-corrected chi connectivity index (χ0v) is 18.3. The molecule has 1 aliphatic rings. The zero-order valence-electron chi connectivity index (χ0n) is 18.3. The first-order chi connectivity index (χ1) is 14.3. The maximum absolute atomic E-state index is 13.4. The molecule has 0 spiro atoms. The predicted molar refractivity (Wildman–Crippen MR) is 119 cm³/mol. The average Bonchev–Trinajstić information content (AvgIpc) is 3.26. The number of fused-ring (bicyclic) bond motifs is 1. The van der Waals surface area contributed by atoms with Crippen molar-refractivity contribution >= 4 is 5.91 Å². The van der Waals surface area contributed by atoms with Gasteiger partial charge in [-0.2, -0.15) is 5.10 Å². The van der Waals surface area contributed by atoms with Crippen molar-refractivity contribution in [2.45, 2.75) is 52.6 Å². The van der Waals surface area contributed by atoms with Crippen molar-refractivity contribution in [3.05, 3.63) is 70.9 Å². The highest BCUT2D eigenvalue weighted by molar-refractivity contribution is 6.00. The number of ether oxygens (including phenoxy) is 1. The molecule has 2 aromatic carbocycles. The van der Waals surface area contributed by atoms with Gasteiger partial charge in [0.1, 0.15) is 11.4 Å². The minimum atomic E-state index is -0.344. The Morgan fingerprint density at radius 2 is 1.73 bits per heavy atom. The van der Waals surface area contributed by atoms with Crippen molar-refractivity contribution in [3.8, 4) is 17.0 Å². The standard InChI is InChI=1S/C25H29N3O2/c1-6-15-30-19-13-11-18(12-14-19)23-20-21(17-9-7-16(2)8-10-17)26-27-22(20)24(29)28(23)25(3,4)5/h7-14,23H,6,15H2,1-5H3,(H,26,27). The number of aryl methyl sites for hydroxylation is 1. The van der Waals surface area contributed by atoms with Crippen LogP contribution in [0.3, 0.4) is 0 Å². The molecule has 156 valence electrons. The van der Waals surface area contributed by atoms with Gasteiger partial charge in [0.2, 0.25) is 0 Å². The van der Waals surface area contributed by atoms with Crippen LogP contribution in [0.2, 0.25) is 0 Å². The summed E-state index contributed by atoms with van der Waals surface area (Å²) < 4.78 is 5.75. The molecule has 5 heteroatoms. The third-order valence-corrected chi connectivity index (χ3v) is 5.48. The summed E-state index contributed by atoms with van der Waals surface area (Å²) in [6.45, 7) is 11.1. The Labute approximate surface area is 178 Å². The van der Waals surface area contributed by atoms with E-state index in [1.54, 1.807) is 0 Å². The summed E-state index contributed by atoms with van der Waals surface area (Å²) in [7, 11) is 0. The monoisotopic (exact) mass is 403 g/mol. The molecule has 1 aliphatic heterocycles. The molecule has 3 aromatic rings. The van der Waals surface area contributed by atoms with E-state index in [9.17, 15) is 4.79 Å². The first-order valence-corrected chi connectivity index (χ1v) is 10.5. The zero-order chi connectivity index (χ0) is 21.5. The van der Waals surface area contributed by atoms with E-state index in [1.807, 2.05) is 17.0 Å². The number of hydrogen-bond donors (Lipinski definition) is 1. The summed E-state index contributed by atoms with van der Waals surface area (Å²) in [6, 6.07) is 16.2. The Kier molecular flexibility index (Phi) is 5.14. The highest BCUT2D eigenvalue weighted by atomic mass is 16.5. The molecule has 1 aromatic heterocycles. The van der Waals surface area contributed by atoms with Gasteiger partial charge in [-0.05, 0) is 51.8 Å². The molecule has 2 heterocycles. The van der Waals surface area contributed by atoms with E-state index >= 15 is 0 Å². The van der Waals surface area contributed by atoms with Gasteiger partial charge in [-0.15, -0.1) is 0 Å². The quantitative estimate of drug-likeness (QED) is 0.610. The Bertz CT molecular complexity index is 1040. The second kappa shape index (κ2) is 7.63. The van der Waals surface area contributed by atoms with Crippen LogP contribution >= 0.6 is 0 Å². The first-order valence-electron chi connectivity index (χ1n) is 10.5. The minimum absolute atomic E-state index is 0.0142. The van der Waals surface area contributed by atoms with Gasteiger partial charge in [-0.25, -0.2) is 0 Å². The van der Waals surface area contributed by atoms with Crippen LogP contribution in [-0.4, -0.2) is 33.2 Å². The highest BCUT2D eigenvalue weighted by Gasteiger charge is 2.46. The lowest BCUT2D eigenvalue weighted by atomic mass is 9.93. The molecular weight excluding hydrogens is 374 g/mol. The molecule has 1 unspecified atom stereocenters. The molecule has 0 saturated carbocycles. The SMILES string of the molecule is CCCOc1ccc(C2c3c(-c4ccc(C)cc4)n[nH]c3C(=O)N2C(C)(C)C)cc1. The van der Waals surface area contributed by atoms with Crippen molar-refractivity contribution in [1.29, 1.82) is 0 Å². The van der Waals surface area contributed by atoms with E-state index in [0.717, 1.165) is 34.6 Å². The third-order valence-electron chi connectivity index (χ3n) is 5.48. The third kappa shape index (κ3) is 3.49. The average molecular weight is 404 g/mol. The van der Waals surface area contributed by atoms with E-state index in [2.05, 4.69) is 81.2 Å². The summed E-state index contributed by atoms with van der Waals surface area (Å²) in [5.74, 6) is 0.832. The minimum Gasteiger partial charge on any atom is -0.494 e. The first kappa shape index (κ1) is 20.2. The molecule has 30 heavy (non-hydrogen) atoms. The van der Waals surface area contributed by atoms with Crippen LogP contribution < -0.4 is 4.74 Å². The topological polar surface area (TPSA) is 58.2 Å². The van der Waals surface area contributed by atoms with Crippen LogP contribution in [0.15, 0.2) is 48.5 Å². The number of benzene rings is 2. The van der Waals surface area contributed by atoms with Crippen molar-refractivity contribution in [2.75, 3.05) is 6.61 Å². The van der Waals surface area contributed by atoms with E-state index < -0.39 is 0 Å². The molecule has 4 rings (SSSR count). The number of amides is 1. The molecule has 1 atom stereocenters. The van der Waals surface area contributed by atoms with Gasteiger partial charge in [0.25, 0.3) is 5.91 Å². The summed E-state index contributed by atoms with van der Waals surface area (Å²) in [5, 5.41) is 7.57. The summed E-state index contributed by atoms with van der Waals surface area (Å²) in [4.78, 5) is 15.3. The molecule has 1 N–H and O–H groups in total. The molecule has 0 bridgehead atoms. The lowest BCUT2D eigenvalue weighted by molar-refractivity contribution is 0.0546. The van der Waals surface area contributed by atoms with Gasteiger partial charge in [0.05, 0.1) is 18.3 Å². The van der Waals surface area contributed by atoms with Crippen molar-refractivity contribution in [2.24, 2.45) is 0 Å². The summed E-state index contributed by atoms with van der Waals surface area (Å²) in [5.41, 5.74) is 5.27. The van der Waals surface area contributed by atoms with Crippen LogP contribution in [0.5, 0.6) is 5.75 Å². The van der Waals surface area contributed by atoms with E-state index in [0.29, 0.717) is 12.3 Å². The lowest BCUT2D eigenvalue weighted by Gasteiger charge is -2.37. The van der Waals surface area contributed by atoms with Crippen LogP contribution in [-0.2, 0) is 0 Å². The van der Waals surface area contributed by atoms with Gasteiger partial charge in [0.15, 0.2) is 0 Å². The van der Waals surface area contributed by atoms with E-state index in [4.69, 9.17) is 4.74 Å². The van der Waals surface area contributed by atoms with Crippen molar-refractivity contribution < 1.29 is 9.53 Å². The Hall–Kier alpha value is -3.08. The summed E-state index contributed by atoms with van der Waals surface area (Å²) >= 11 is 0. The fraction of sp³-hybridized carbons (Fsp3) is 0.360. The number of carbonyl (C=O) groups is 1. The Morgan fingerprint density at radius 3 is 2.33 bits per heavy atom. The fourth-order valence-corrected chi connectivity index (χ4v) is 4.05. The van der Waals surface area contributed by atoms with Crippen LogP contribution in [0.1, 0.15) is 67.3 Å². The number of hydrogen-bond acceptors (Lipinski definition) is 3. The fourth-order valence-electron chi connectivity index (χ4n) is 4.05. The number of rotatable bonds is 5.